The predicted molar refractivity (Wildman–Crippen MR) is 90.9 cm³/mol. The summed E-state index contributed by atoms with van der Waals surface area (Å²) in [5.74, 6) is 0.131. The first-order valence-electron chi connectivity index (χ1n) is 7.25. The van der Waals surface area contributed by atoms with Gasteiger partial charge in [-0.2, -0.15) is 4.68 Å². The van der Waals surface area contributed by atoms with Crippen molar-refractivity contribution >= 4 is 22.4 Å². The lowest BCUT2D eigenvalue weighted by Crippen LogP contribution is -2.21. The Morgan fingerprint density at radius 2 is 1.71 bits per heavy atom. The van der Waals surface area contributed by atoms with Gasteiger partial charge in [0.1, 0.15) is 5.75 Å². The van der Waals surface area contributed by atoms with Crippen LogP contribution >= 0.6 is 0 Å². The Bertz CT molecular complexity index is 836. The molecule has 2 aromatic carbocycles. The smallest absolute Gasteiger partial charge is 0.237 e. The highest BCUT2D eigenvalue weighted by Crippen LogP contribution is 2.09. The van der Waals surface area contributed by atoms with Gasteiger partial charge in [-0.15, -0.1) is 5.10 Å². The molecule has 1 N–H and O–H groups in total. The van der Waals surface area contributed by atoms with Crippen LogP contribution in [0.25, 0.3) is 5.69 Å². The highest BCUT2D eigenvalue weighted by atomic mass is 32.2. The van der Waals surface area contributed by atoms with E-state index in [9.17, 15) is 9.00 Å². The van der Waals surface area contributed by atoms with Crippen LogP contribution in [0.15, 0.2) is 60.7 Å². The first-order valence-corrected chi connectivity index (χ1v) is 8.74. The summed E-state index contributed by atoms with van der Waals surface area (Å²) in [6, 6.07) is 18.4. The minimum absolute atomic E-state index is 0.101. The number of anilines is 1. The second-order valence-electron chi connectivity index (χ2n) is 4.99. The maximum atomic E-state index is 12.2. The quantitative estimate of drug-likeness (QED) is 0.735. The number of benzene rings is 2. The summed E-state index contributed by atoms with van der Waals surface area (Å²) in [5, 5.41) is 14.1. The molecule has 0 aliphatic carbocycles. The predicted octanol–water partition coefficient (Wildman–Crippen LogP) is 1.55. The van der Waals surface area contributed by atoms with Crippen molar-refractivity contribution in [3.63, 3.8) is 0 Å². The van der Waals surface area contributed by atoms with Crippen LogP contribution in [0.2, 0.25) is 0 Å². The second kappa shape index (κ2) is 7.60. The van der Waals surface area contributed by atoms with Crippen LogP contribution in [0.5, 0.6) is 0 Å². The molecule has 1 unspecified atom stereocenters. The van der Waals surface area contributed by atoms with Gasteiger partial charge in [0.25, 0.3) is 0 Å². The van der Waals surface area contributed by atoms with Crippen LogP contribution < -0.4 is 5.32 Å². The van der Waals surface area contributed by atoms with Crippen molar-refractivity contribution in [2.45, 2.75) is 5.75 Å². The van der Waals surface area contributed by atoms with Crippen LogP contribution in [0.1, 0.15) is 5.82 Å². The molecule has 8 heteroatoms. The largest absolute Gasteiger partial charge is 0.325 e. The van der Waals surface area contributed by atoms with E-state index in [0.29, 0.717) is 11.5 Å². The van der Waals surface area contributed by atoms with Crippen molar-refractivity contribution in [2.24, 2.45) is 0 Å². The summed E-state index contributed by atoms with van der Waals surface area (Å²) < 4.78 is 13.8. The maximum Gasteiger partial charge on any atom is 0.237 e. The van der Waals surface area contributed by atoms with E-state index in [1.807, 2.05) is 48.5 Å². The SMILES string of the molecule is O=C(CS(=O)Cc1nnnn1-c1ccccc1)Nc1ccccc1. The molecule has 0 saturated heterocycles. The Hall–Kier alpha value is -2.87. The summed E-state index contributed by atoms with van der Waals surface area (Å²) >= 11 is 0. The zero-order chi connectivity index (χ0) is 16.8. The number of nitrogens with zero attached hydrogens (tertiary/aromatic N) is 4. The zero-order valence-electron chi connectivity index (χ0n) is 12.7. The Labute approximate surface area is 141 Å². The van der Waals surface area contributed by atoms with Gasteiger partial charge in [-0.05, 0) is 34.7 Å². The van der Waals surface area contributed by atoms with E-state index >= 15 is 0 Å². The number of rotatable bonds is 6. The molecule has 0 aliphatic heterocycles. The maximum absolute atomic E-state index is 12.2. The van der Waals surface area contributed by atoms with Crippen LogP contribution in [0.4, 0.5) is 5.69 Å². The van der Waals surface area contributed by atoms with E-state index in [-0.39, 0.29) is 17.4 Å². The molecule has 0 bridgehead atoms. The number of nitrogens with one attached hydrogen (secondary N) is 1. The third-order valence-electron chi connectivity index (χ3n) is 3.17. The van der Waals surface area contributed by atoms with Gasteiger partial charge in [0.15, 0.2) is 5.82 Å². The van der Waals surface area contributed by atoms with Gasteiger partial charge < -0.3 is 5.32 Å². The lowest BCUT2D eigenvalue weighted by atomic mass is 10.3. The Balaban J connectivity index is 1.62. The molecular formula is C16H15N5O2S. The van der Waals surface area contributed by atoms with Gasteiger partial charge in [-0.1, -0.05) is 36.4 Å². The molecule has 122 valence electrons. The van der Waals surface area contributed by atoms with Crippen molar-refractivity contribution < 1.29 is 9.00 Å². The fraction of sp³-hybridized carbons (Fsp3) is 0.125. The van der Waals surface area contributed by atoms with E-state index in [0.717, 1.165) is 5.69 Å². The molecule has 3 aromatic rings. The van der Waals surface area contributed by atoms with Crippen molar-refractivity contribution in [3.8, 4) is 5.69 Å². The third-order valence-corrected chi connectivity index (χ3v) is 4.34. The number of carbonyl (C=O) groups is 1. The van der Waals surface area contributed by atoms with Crippen LogP contribution in [-0.2, 0) is 21.3 Å². The van der Waals surface area contributed by atoms with Gasteiger partial charge >= 0.3 is 0 Å². The van der Waals surface area contributed by atoms with E-state index in [2.05, 4.69) is 20.8 Å². The number of aromatic nitrogens is 4. The zero-order valence-corrected chi connectivity index (χ0v) is 13.5. The van der Waals surface area contributed by atoms with Crippen LogP contribution in [0, 0.1) is 0 Å². The van der Waals surface area contributed by atoms with Crippen molar-refractivity contribution in [1.82, 2.24) is 20.2 Å². The first kappa shape index (κ1) is 16.0. The van der Waals surface area contributed by atoms with Crippen LogP contribution in [-0.4, -0.2) is 36.1 Å². The van der Waals surface area contributed by atoms with E-state index in [1.54, 1.807) is 12.1 Å². The highest BCUT2D eigenvalue weighted by molar-refractivity contribution is 7.84. The topological polar surface area (TPSA) is 89.8 Å². The Morgan fingerprint density at radius 3 is 2.42 bits per heavy atom. The standard InChI is InChI=1S/C16H15N5O2S/c22-16(17-13-7-3-1-4-8-13)12-24(23)11-15-18-19-20-21(15)14-9-5-2-6-10-14/h1-10H,11-12H2,(H,17,22). The molecule has 0 spiro atoms. The van der Waals surface area contributed by atoms with Crippen molar-refractivity contribution in [2.75, 3.05) is 11.1 Å². The highest BCUT2D eigenvalue weighted by Gasteiger charge is 2.14. The molecule has 1 heterocycles. The molecule has 1 atom stereocenters. The number of amides is 1. The molecule has 3 rings (SSSR count). The number of hydrogen-bond donors (Lipinski definition) is 1. The summed E-state index contributed by atoms with van der Waals surface area (Å²) in [4.78, 5) is 11.9. The van der Waals surface area contributed by atoms with Crippen LogP contribution in [0.3, 0.4) is 0 Å². The fourth-order valence-corrected chi connectivity index (χ4v) is 3.06. The van der Waals surface area contributed by atoms with E-state index in [4.69, 9.17) is 0 Å². The van der Waals surface area contributed by atoms with E-state index in [1.165, 1.54) is 4.68 Å². The normalized spacial score (nSPS) is 11.8. The van der Waals surface area contributed by atoms with Gasteiger partial charge in [0.05, 0.1) is 11.4 Å². The van der Waals surface area contributed by atoms with Gasteiger partial charge in [0.2, 0.25) is 5.91 Å². The summed E-state index contributed by atoms with van der Waals surface area (Å²) in [6.45, 7) is 0. The van der Waals surface area contributed by atoms with E-state index < -0.39 is 10.8 Å². The third kappa shape index (κ3) is 4.11. The Kier molecular flexibility index (Phi) is 5.07. The van der Waals surface area contributed by atoms with Crippen molar-refractivity contribution in [3.05, 3.63) is 66.5 Å². The minimum atomic E-state index is -1.41. The average Bonchev–Trinajstić information content (AvgIpc) is 3.04. The fourth-order valence-electron chi connectivity index (χ4n) is 2.13. The number of carbonyl (C=O) groups excluding carboxylic acids is 1. The average molecular weight is 341 g/mol. The van der Waals surface area contributed by atoms with Gasteiger partial charge in [-0.25, -0.2) is 0 Å². The number of tetrazole rings is 1. The lowest BCUT2D eigenvalue weighted by molar-refractivity contribution is -0.113. The number of hydrogen-bond acceptors (Lipinski definition) is 5. The lowest BCUT2D eigenvalue weighted by Gasteiger charge is -2.06. The monoisotopic (exact) mass is 341 g/mol. The molecule has 1 aromatic heterocycles. The summed E-state index contributed by atoms with van der Waals surface area (Å²) in [5.41, 5.74) is 1.46. The summed E-state index contributed by atoms with van der Waals surface area (Å²) in [7, 11) is -1.41. The van der Waals surface area contributed by atoms with Gasteiger partial charge in [-0.3, -0.25) is 9.00 Å². The Morgan fingerprint density at radius 1 is 1.04 bits per heavy atom. The molecule has 0 aliphatic rings. The number of para-hydroxylation sites is 2. The molecular weight excluding hydrogens is 326 g/mol. The molecule has 0 saturated carbocycles. The van der Waals surface area contributed by atoms with Crippen molar-refractivity contribution in [1.29, 1.82) is 0 Å². The molecule has 0 radical (unpaired) electrons. The molecule has 7 nitrogen and oxygen atoms in total. The molecule has 1 amide bonds. The minimum Gasteiger partial charge on any atom is -0.325 e. The second-order valence-corrected chi connectivity index (χ2v) is 6.44. The molecule has 0 fully saturated rings. The molecule has 24 heavy (non-hydrogen) atoms. The van der Waals surface area contributed by atoms with Gasteiger partial charge in [0, 0.05) is 16.5 Å². The first-order chi connectivity index (χ1) is 11.7. The summed E-state index contributed by atoms with van der Waals surface area (Å²) in [6.07, 6.45) is 0.